The maximum absolute atomic E-state index is 14.0. The van der Waals surface area contributed by atoms with E-state index in [0.29, 0.717) is 18.4 Å². The zero-order valence-corrected chi connectivity index (χ0v) is 14.8. The van der Waals surface area contributed by atoms with Crippen molar-refractivity contribution in [3.05, 3.63) is 71.8 Å². The zero-order valence-electron chi connectivity index (χ0n) is 14.8. The number of nitrogens with one attached hydrogen (secondary N) is 1. The molecule has 0 saturated heterocycles. The average Bonchev–Trinajstić information content (AvgIpc) is 2.66. The van der Waals surface area contributed by atoms with Gasteiger partial charge in [0.2, 0.25) is 0 Å². The fraction of sp³-hybridized carbons (Fsp3) is 0.238. The largest absolute Gasteiger partial charge is 0.464 e. The van der Waals surface area contributed by atoms with Crippen molar-refractivity contribution in [3.63, 3.8) is 0 Å². The van der Waals surface area contributed by atoms with Crippen molar-refractivity contribution >= 4 is 22.4 Å². The first-order chi connectivity index (χ1) is 12.6. The lowest BCUT2D eigenvalue weighted by Gasteiger charge is -2.17. The maximum Gasteiger partial charge on any atom is 0.328 e. The molecule has 1 heterocycles. The van der Waals surface area contributed by atoms with Gasteiger partial charge in [0.05, 0.1) is 6.61 Å². The lowest BCUT2D eigenvalue weighted by molar-refractivity contribution is -0.143. The van der Waals surface area contributed by atoms with Gasteiger partial charge in [-0.05, 0) is 42.5 Å². The summed E-state index contributed by atoms with van der Waals surface area (Å²) in [5, 5.41) is 4.66. The second kappa shape index (κ2) is 7.95. The molecule has 134 valence electrons. The van der Waals surface area contributed by atoms with Gasteiger partial charge in [-0.2, -0.15) is 0 Å². The molecule has 0 aliphatic carbocycles. The highest BCUT2D eigenvalue weighted by Gasteiger charge is 2.16. The highest BCUT2D eigenvalue weighted by Crippen LogP contribution is 2.26. The molecule has 3 aromatic rings. The summed E-state index contributed by atoms with van der Waals surface area (Å²) in [6, 6.07) is 12.1. The third kappa shape index (κ3) is 3.82. The second-order valence-electron chi connectivity index (χ2n) is 6.08. The number of rotatable bonds is 6. The molecule has 3 rings (SSSR count). The summed E-state index contributed by atoms with van der Waals surface area (Å²) in [5.41, 5.74) is 2.75. The summed E-state index contributed by atoms with van der Waals surface area (Å²) in [6.45, 7) is 3.88. The van der Waals surface area contributed by atoms with Crippen LogP contribution in [0.4, 0.5) is 10.1 Å². The highest BCUT2D eigenvalue weighted by molar-refractivity contribution is 5.87. The SMILES string of the molecule is CCOC(=O)C(C)Nc1ccncc1Cc1ccc(F)c2ccccc12. The number of carbonyl (C=O) groups excluding carboxylic acids is 1. The van der Waals surface area contributed by atoms with E-state index in [0.717, 1.165) is 22.2 Å². The van der Waals surface area contributed by atoms with Crippen molar-refractivity contribution in [3.8, 4) is 0 Å². The molecule has 2 aromatic carbocycles. The third-order valence-electron chi connectivity index (χ3n) is 4.26. The van der Waals surface area contributed by atoms with Gasteiger partial charge in [0.1, 0.15) is 11.9 Å². The first-order valence-electron chi connectivity index (χ1n) is 8.62. The van der Waals surface area contributed by atoms with Crippen molar-refractivity contribution in [1.29, 1.82) is 0 Å². The molecular weight excluding hydrogens is 331 g/mol. The van der Waals surface area contributed by atoms with Crippen molar-refractivity contribution in [1.82, 2.24) is 4.98 Å². The van der Waals surface area contributed by atoms with E-state index in [1.54, 1.807) is 38.4 Å². The Hall–Kier alpha value is -2.95. The Bertz CT molecular complexity index is 927. The number of halogens is 1. The molecule has 1 N–H and O–H groups in total. The summed E-state index contributed by atoms with van der Waals surface area (Å²) in [7, 11) is 0. The van der Waals surface area contributed by atoms with Crippen LogP contribution < -0.4 is 5.32 Å². The minimum atomic E-state index is -0.471. The number of esters is 1. The number of nitrogens with zero attached hydrogens (tertiary/aromatic N) is 1. The van der Waals surface area contributed by atoms with Gasteiger partial charge in [0.15, 0.2) is 0 Å². The highest BCUT2D eigenvalue weighted by atomic mass is 19.1. The molecule has 0 saturated carbocycles. The number of fused-ring (bicyclic) bond motifs is 1. The summed E-state index contributed by atoms with van der Waals surface area (Å²) in [6.07, 6.45) is 4.01. The van der Waals surface area contributed by atoms with Crippen molar-refractivity contribution in [2.24, 2.45) is 0 Å². The molecule has 1 unspecified atom stereocenters. The minimum absolute atomic E-state index is 0.232. The number of pyridine rings is 1. The van der Waals surface area contributed by atoms with Crippen LogP contribution in [-0.2, 0) is 16.0 Å². The molecule has 4 nitrogen and oxygen atoms in total. The van der Waals surface area contributed by atoms with E-state index in [-0.39, 0.29) is 11.8 Å². The second-order valence-corrected chi connectivity index (χ2v) is 6.08. The quantitative estimate of drug-likeness (QED) is 0.671. The predicted molar refractivity (Wildman–Crippen MR) is 101 cm³/mol. The number of carbonyl (C=O) groups is 1. The lowest BCUT2D eigenvalue weighted by Crippen LogP contribution is -2.28. The van der Waals surface area contributed by atoms with Gasteiger partial charge in [0.25, 0.3) is 0 Å². The van der Waals surface area contributed by atoms with Crippen molar-refractivity contribution in [2.75, 3.05) is 11.9 Å². The Morgan fingerprint density at radius 2 is 1.92 bits per heavy atom. The van der Waals surface area contributed by atoms with Crippen LogP contribution in [0.25, 0.3) is 10.8 Å². The summed E-state index contributed by atoms with van der Waals surface area (Å²) in [5.74, 6) is -0.535. The number of anilines is 1. The van der Waals surface area contributed by atoms with E-state index in [2.05, 4.69) is 10.3 Å². The topological polar surface area (TPSA) is 51.2 Å². The van der Waals surface area contributed by atoms with Gasteiger partial charge in [-0.15, -0.1) is 0 Å². The standard InChI is InChI=1S/C21H21FN2O2/c1-3-26-21(25)14(2)24-20-10-11-23-13-16(20)12-15-8-9-19(22)18-7-5-4-6-17(15)18/h4-11,13-14H,3,12H2,1-2H3,(H,23,24). The maximum atomic E-state index is 14.0. The first kappa shape index (κ1) is 17.9. The van der Waals surface area contributed by atoms with Crippen LogP contribution in [0.2, 0.25) is 0 Å². The fourth-order valence-corrected chi connectivity index (χ4v) is 2.95. The number of hydrogen-bond acceptors (Lipinski definition) is 4. The van der Waals surface area contributed by atoms with Crippen molar-refractivity contribution < 1.29 is 13.9 Å². The summed E-state index contributed by atoms with van der Waals surface area (Å²) < 4.78 is 19.1. The first-order valence-corrected chi connectivity index (χ1v) is 8.62. The van der Waals surface area contributed by atoms with Crippen LogP contribution in [0.15, 0.2) is 54.9 Å². The van der Waals surface area contributed by atoms with E-state index in [4.69, 9.17) is 4.74 Å². The van der Waals surface area contributed by atoms with Gasteiger partial charge in [-0.3, -0.25) is 4.98 Å². The predicted octanol–water partition coefficient (Wildman–Crippen LogP) is 4.33. The van der Waals surface area contributed by atoms with E-state index in [1.807, 2.05) is 24.3 Å². The van der Waals surface area contributed by atoms with Gasteiger partial charge in [0, 0.05) is 29.9 Å². The molecule has 5 heteroatoms. The van der Waals surface area contributed by atoms with Crippen LogP contribution in [-0.4, -0.2) is 23.6 Å². The normalized spacial score (nSPS) is 12.0. The molecule has 0 fully saturated rings. The lowest BCUT2D eigenvalue weighted by atomic mass is 9.98. The minimum Gasteiger partial charge on any atom is -0.464 e. The van der Waals surface area contributed by atoms with Crippen LogP contribution in [0.3, 0.4) is 0 Å². The number of aromatic nitrogens is 1. The van der Waals surface area contributed by atoms with Crippen LogP contribution in [0, 0.1) is 5.82 Å². The van der Waals surface area contributed by atoms with Crippen LogP contribution >= 0.6 is 0 Å². The molecule has 0 amide bonds. The number of ether oxygens (including phenoxy) is 1. The van der Waals surface area contributed by atoms with E-state index in [9.17, 15) is 9.18 Å². The molecular formula is C21H21FN2O2. The van der Waals surface area contributed by atoms with E-state index < -0.39 is 6.04 Å². The Kier molecular flexibility index (Phi) is 5.46. The summed E-state index contributed by atoms with van der Waals surface area (Å²) in [4.78, 5) is 16.1. The fourth-order valence-electron chi connectivity index (χ4n) is 2.95. The molecule has 0 aliphatic heterocycles. The Morgan fingerprint density at radius 1 is 1.15 bits per heavy atom. The molecule has 0 aliphatic rings. The van der Waals surface area contributed by atoms with Gasteiger partial charge in [-0.1, -0.05) is 30.3 Å². The number of benzene rings is 2. The molecule has 0 spiro atoms. The monoisotopic (exact) mass is 352 g/mol. The average molecular weight is 352 g/mol. The van der Waals surface area contributed by atoms with Gasteiger partial charge in [-0.25, -0.2) is 9.18 Å². The Morgan fingerprint density at radius 3 is 2.69 bits per heavy atom. The smallest absolute Gasteiger partial charge is 0.328 e. The molecule has 0 bridgehead atoms. The molecule has 1 aromatic heterocycles. The molecule has 1 atom stereocenters. The Balaban J connectivity index is 1.90. The van der Waals surface area contributed by atoms with Crippen LogP contribution in [0.5, 0.6) is 0 Å². The van der Waals surface area contributed by atoms with Crippen molar-refractivity contribution in [2.45, 2.75) is 26.3 Å². The summed E-state index contributed by atoms with van der Waals surface area (Å²) >= 11 is 0. The molecule has 0 radical (unpaired) electrons. The zero-order chi connectivity index (χ0) is 18.5. The third-order valence-corrected chi connectivity index (χ3v) is 4.26. The number of hydrogen-bond donors (Lipinski definition) is 1. The Labute approximate surface area is 152 Å². The van der Waals surface area contributed by atoms with E-state index in [1.165, 1.54) is 6.07 Å². The van der Waals surface area contributed by atoms with Crippen LogP contribution in [0.1, 0.15) is 25.0 Å². The van der Waals surface area contributed by atoms with E-state index >= 15 is 0 Å². The van der Waals surface area contributed by atoms with Gasteiger partial charge < -0.3 is 10.1 Å². The molecule has 26 heavy (non-hydrogen) atoms. The van der Waals surface area contributed by atoms with Gasteiger partial charge >= 0.3 is 5.97 Å².